The zero-order chi connectivity index (χ0) is 14.5. The number of carbonyl (C=O) groups excluding carboxylic acids is 1. The maximum atomic E-state index is 12.2. The minimum Gasteiger partial charge on any atom is -0.399 e. The molecule has 2 aromatic rings. The van der Waals surface area contributed by atoms with Crippen LogP contribution in [0, 0.1) is 0 Å². The lowest BCUT2D eigenvalue weighted by Gasteiger charge is -2.18. The Morgan fingerprint density at radius 2 is 1.95 bits per heavy atom. The van der Waals surface area contributed by atoms with E-state index in [0.29, 0.717) is 23.7 Å². The monoisotopic (exact) mass is 288 g/mol. The van der Waals surface area contributed by atoms with Crippen LogP contribution in [0.25, 0.3) is 0 Å². The molecule has 0 bridgehead atoms. The average molecular weight is 289 g/mol. The summed E-state index contributed by atoms with van der Waals surface area (Å²) in [5, 5.41) is 0.677. The third kappa shape index (κ3) is 3.75. The van der Waals surface area contributed by atoms with E-state index in [2.05, 4.69) is 0 Å². The lowest BCUT2D eigenvalue weighted by Crippen LogP contribution is -2.27. The number of amides is 1. The molecule has 0 aliphatic carbocycles. The highest BCUT2D eigenvalue weighted by atomic mass is 35.5. The van der Waals surface area contributed by atoms with E-state index in [1.807, 2.05) is 42.5 Å². The summed E-state index contributed by atoms with van der Waals surface area (Å²) in [6, 6.07) is 14.9. The van der Waals surface area contributed by atoms with E-state index in [1.165, 1.54) is 0 Å². The molecule has 3 nitrogen and oxygen atoms in total. The summed E-state index contributed by atoms with van der Waals surface area (Å²) in [5.41, 5.74) is 8.24. The van der Waals surface area contributed by atoms with Gasteiger partial charge >= 0.3 is 0 Å². The Hall–Kier alpha value is -2.00. The Kier molecular flexibility index (Phi) is 4.64. The average Bonchev–Trinajstić information content (AvgIpc) is 2.41. The highest BCUT2D eigenvalue weighted by Gasteiger charge is 2.11. The molecule has 2 rings (SSSR count). The highest BCUT2D eigenvalue weighted by Crippen LogP contribution is 2.17. The molecule has 0 fully saturated rings. The normalized spacial score (nSPS) is 10.3. The number of halogens is 1. The van der Waals surface area contributed by atoms with Gasteiger partial charge in [0, 0.05) is 24.3 Å². The minimum atomic E-state index is 0.0375. The minimum absolute atomic E-state index is 0.0375. The smallest absolute Gasteiger partial charge is 0.227 e. The fourth-order valence-electron chi connectivity index (χ4n) is 1.98. The molecule has 104 valence electrons. The molecule has 0 atom stereocenters. The van der Waals surface area contributed by atoms with Crippen molar-refractivity contribution in [2.24, 2.45) is 0 Å². The van der Waals surface area contributed by atoms with Crippen LogP contribution >= 0.6 is 11.6 Å². The van der Waals surface area contributed by atoms with Gasteiger partial charge in [0.1, 0.15) is 0 Å². The Morgan fingerprint density at radius 1 is 1.20 bits per heavy atom. The number of nitrogens with two attached hydrogens (primary N) is 1. The molecule has 0 spiro atoms. The predicted octanol–water partition coefficient (Wildman–Crippen LogP) is 3.12. The summed E-state index contributed by atoms with van der Waals surface area (Å²) in [6.45, 7) is 0.501. The molecule has 0 radical (unpaired) electrons. The Labute approximate surface area is 124 Å². The standard InChI is InChI=1S/C16H17ClN2O/c1-19(11-13-6-2-3-8-15(13)17)16(20)10-12-5-4-7-14(18)9-12/h2-9H,10-11,18H2,1H3. The lowest BCUT2D eigenvalue weighted by atomic mass is 10.1. The second-order valence-corrected chi connectivity index (χ2v) is 5.17. The van der Waals surface area contributed by atoms with E-state index in [4.69, 9.17) is 17.3 Å². The predicted molar refractivity (Wildman–Crippen MR) is 82.5 cm³/mol. The highest BCUT2D eigenvalue weighted by molar-refractivity contribution is 6.31. The van der Waals surface area contributed by atoms with Gasteiger partial charge in [0.2, 0.25) is 5.91 Å². The van der Waals surface area contributed by atoms with Crippen molar-refractivity contribution in [2.45, 2.75) is 13.0 Å². The summed E-state index contributed by atoms with van der Waals surface area (Å²) in [7, 11) is 1.78. The van der Waals surface area contributed by atoms with Gasteiger partial charge in [0.05, 0.1) is 6.42 Å². The van der Waals surface area contributed by atoms with Crippen LogP contribution in [0.1, 0.15) is 11.1 Å². The van der Waals surface area contributed by atoms with Crippen LogP contribution in [-0.4, -0.2) is 17.9 Å². The zero-order valence-electron chi connectivity index (χ0n) is 11.3. The summed E-state index contributed by atoms with van der Waals surface area (Å²) in [6.07, 6.45) is 0.339. The number of benzene rings is 2. The van der Waals surface area contributed by atoms with E-state index < -0.39 is 0 Å². The Bertz CT molecular complexity index is 613. The molecule has 0 saturated heterocycles. The quantitative estimate of drug-likeness (QED) is 0.879. The molecule has 2 N–H and O–H groups in total. The van der Waals surface area contributed by atoms with Crippen molar-refractivity contribution in [3.8, 4) is 0 Å². The second-order valence-electron chi connectivity index (χ2n) is 4.76. The molecule has 4 heteroatoms. The molecule has 0 aromatic heterocycles. The van der Waals surface area contributed by atoms with Gasteiger partial charge in [-0.1, -0.05) is 41.9 Å². The van der Waals surface area contributed by atoms with Crippen LogP contribution in [0.3, 0.4) is 0 Å². The molecule has 20 heavy (non-hydrogen) atoms. The third-order valence-electron chi connectivity index (χ3n) is 3.10. The molecular weight excluding hydrogens is 272 g/mol. The fourth-order valence-corrected chi connectivity index (χ4v) is 2.18. The maximum absolute atomic E-state index is 12.2. The van der Waals surface area contributed by atoms with Gasteiger partial charge in [-0.3, -0.25) is 4.79 Å². The molecular formula is C16H17ClN2O. The number of likely N-dealkylation sites (N-methyl/N-ethyl adjacent to an activating group) is 1. The number of anilines is 1. The number of hydrogen-bond acceptors (Lipinski definition) is 2. The first-order chi connectivity index (χ1) is 9.56. The van der Waals surface area contributed by atoms with Crippen molar-refractivity contribution >= 4 is 23.2 Å². The van der Waals surface area contributed by atoms with Crippen LogP contribution in [0.15, 0.2) is 48.5 Å². The maximum Gasteiger partial charge on any atom is 0.227 e. The number of carbonyl (C=O) groups is 1. The molecule has 0 saturated carbocycles. The van der Waals surface area contributed by atoms with Gasteiger partial charge in [-0.15, -0.1) is 0 Å². The van der Waals surface area contributed by atoms with Crippen molar-refractivity contribution in [2.75, 3.05) is 12.8 Å². The van der Waals surface area contributed by atoms with E-state index in [9.17, 15) is 4.79 Å². The van der Waals surface area contributed by atoms with Gasteiger partial charge in [0.15, 0.2) is 0 Å². The lowest BCUT2D eigenvalue weighted by molar-refractivity contribution is -0.129. The van der Waals surface area contributed by atoms with Crippen LogP contribution < -0.4 is 5.73 Å². The second kappa shape index (κ2) is 6.44. The molecule has 1 amide bonds. The van der Waals surface area contributed by atoms with Crippen molar-refractivity contribution in [3.63, 3.8) is 0 Å². The number of nitrogens with zero attached hydrogens (tertiary/aromatic N) is 1. The topological polar surface area (TPSA) is 46.3 Å². The van der Waals surface area contributed by atoms with Gasteiger partial charge in [-0.05, 0) is 29.3 Å². The van der Waals surface area contributed by atoms with Gasteiger partial charge in [-0.2, -0.15) is 0 Å². The van der Waals surface area contributed by atoms with E-state index >= 15 is 0 Å². The number of nitrogen functional groups attached to an aromatic ring is 1. The largest absolute Gasteiger partial charge is 0.399 e. The number of rotatable bonds is 4. The zero-order valence-corrected chi connectivity index (χ0v) is 12.1. The van der Waals surface area contributed by atoms with Gasteiger partial charge in [0.25, 0.3) is 0 Å². The van der Waals surface area contributed by atoms with Crippen molar-refractivity contribution in [1.29, 1.82) is 0 Å². The molecule has 0 heterocycles. The van der Waals surface area contributed by atoms with E-state index in [1.54, 1.807) is 18.0 Å². The summed E-state index contributed by atoms with van der Waals surface area (Å²) >= 11 is 6.10. The van der Waals surface area contributed by atoms with Gasteiger partial charge in [-0.25, -0.2) is 0 Å². The Morgan fingerprint density at radius 3 is 2.65 bits per heavy atom. The van der Waals surface area contributed by atoms with E-state index in [0.717, 1.165) is 11.1 Å². The SMILES string of the molecule is CN(Cc1ccccc1Cl)C(=O)Cc1cccc(N)c1. The van der Waals surface area contributed by atoms with Crippen molar-refractivity contribution in [1.82, 2.24) is 4.90 Å². The summed E-state index contributed by atoms with van der Waals surface area (Å²) < 4.78 is 0. The third-order valence-corrected chi connectivity index (χ3v) is 3.47. The van der Waals surface area contributed by atoms with Crippen LogP contribution in [0.5, 0.6) is 0 Å². The number of hydrogen-bond donors (Lipinski definition) is 1. The van der Waals surface area contributed by atoms with Crippen molar-refractivity contribution < 1.29 is 4.79 Å². The van der Waals surface area contributed by atoms with Crippen molar-refractivity contribution in [3.05, 3.63) is 64.7 Å². The van der Waals surface area contributed by atoms with E-state index in [-0.39, 0.29) is 5.91 Å². The first kappa shape index (κ1) is 14.4. The first-order valence-corrected chi connectivity index (χ1v) is 6.76. The van der Waals surface area contributed by atoms with Crippen LogP contribution in [-0.2, 0) is 17.8 Å². The van der Waals surface area contributed by atoms with Crippen LogP contribution in [0.2, 0.25) is 5.02 Å². The molecule has 0 aliphatic rings. The molecule has 0 unspecified atom stereocenters. The van der Waals surface area contributed by atoms with Gasteiger partial charge < -0.3 is 10.6 Å². The fraction of sp³-hybridized carbons (Fsp3) is 0.188. The van der Waals surface area contributed by atoms with Crippen LogP contribution in [0.4, 0.5) is 5.69 Å². The summed E-state index contributed by atoms with van der Waals surface area (Å²) in [5.74, 6) is 0.0375. The molecule has 2 aromatic carbocycles. The summed E-state index contributed by atoms with van der Waals surface area (Å²) in [4.78, 5) is 13.9. The molecule has 0 aliphatic heterocycles. The Balaban J connectivity index is 2.01. The first-order valence-electron chi connectivity index (χ1n) is 6.38.